The van der Waals surface area contributed by atoms with Gasteiger partial charge < -0.3 is 0 Å². The molecule has 3 rings (SSSR count). The molecule has 1 aromatic heterocycles. The van der Waals surface area contributed by atoms with Crippen LogP contribution >= 0.6 is 11.6 Å². The lowest BCUT2D eigenvalue weighted by Crippen LogP contribution is -2.48. The Kier molecular flexibility index (Phi) is 5.04. The molecule has 0 aliphatic carbocycles. The number of aromatic nitrogens is 2. The highest BCUT2D eigenvalue weighted by Crippen LogP contribution is 2.20. The Hall–Kier alpha value is -2.01. The van der Waals surface area contributed by atoms with E-state index in [1.54, 1.807) is 12.1 Å². The van der Waals surface area contributed by atoms with E-state index in [0.29, 0.717) is 37.9 Å². The highest BCUT2D eigenvalue weighted by atomic mass is 35.5. The molecular weight excluding hydrogens is 370 g/mol. The summed E-state index contributed by atoms with van der Waals surface area (Å²) in [6.07, 6.45) is 2.55. The third kappa shape index (κ3) is 3.98. The molecule has 0 saturated carbocycles. The van der Waals surface area contributed by atoms with Gasteiger partial charge in [0.2, 0.25) is 10.0 Å². The minimum Gasteiger partial charge on any atom is -0.282 e. The van der Waals surface area contributed by atoms with Crippen molar-refractivity contribution in [1.29, 1.82) is 0 Å². The van der Waals surface area contributed by atoms with E-state index >= 15 is 0 Å². The molecule has 0 spiro atoms. The van der Waals surface area contributed by atoms with E-state index in [1.165, 1.54) is 33.5 Å². The maximum absolute atomic E-state index is 12.6. The second-order valence-corrected chi connectivity index (χ2v) is 7.99. The number of benzene rings is 1. The maximum Gasteiger partial charge on any atom is 0.307 e. The zero-order valence-corrected chi connectivity index (χ0v) is 14.7. The van der Waals surface area contributed by atoms with Gasteiger partial charge in [-0.15, -0.1) is 0 Å². The molecule has 9 nitrogen and oxygen atoms in total. The van der Waals surface area contributed by atoms with Gasteiger partial charge >= 0.3 is 5.69 Å². The smallest absolute Gasteiger partial charge is 0.282 e. The van der Waals surface area contributed by atoms with E-state index in [4.69, 9.17) is 11.6 Å². The van der Waals surface area contributed by atoms with E-state index in [9.17, 15) is 18.5 Å². The molecule has 25 heavy (non-hydrogen) atoms. The van der Waals surface area contributed by atoms with Gasteiger partial charge in [0, 0.05) is 31.2 Å². The molecule has 1 aliphatic heterocycles. The zero-order valence-electron chi connectivity index (χ0n) is 13.2. The lowest BCUT2D eigenvalue weighted by molar-refractivity contribution is -0.385. The number of hydrogen-bond acceptors (Lipinski definition) is 6. The molecule has 1 saturated heterocycles. The number of nitro groups is 1. The SMILES string of the molecule is O=[N+]([O-])c1cnn(CN2CCN(S(=O)(=O)c3ccc(Cl)cc3)CC2)c1. The third-order valence-corrected chi connectivity index (χ3v) is 6.12. The van der Waals surface area contributed by atoms with Gasteiger partial charge in [-0.05, 0) is 24.3 Å². The minimum absolute atomic E-state index is 0.0658. The van der Waals surface area contributed by atoms with Crippen molar-refractivity contribution >= 4 is 27.3 Å². The standard InChI is InChI=1S/C14H16ClN5O4S/c15-12-1-3-14(4-2-12)25(23,24)19-7-5-17(6-8-19)11-18-10-13(9-16-18)20(21)22/h1-4,9-10H,5-8,11H2. The van der Waals surface area contributed by atoms with Crippen LogP contribution in [0.3, 0.4) is 0 Å². The van der Waals surface area contributed by atoms with Crippen molar-refractivity contribution < 1.29 is 13.3 Å². The van der Waals surface area contributed by atoms with Crippen LogP contribution < -0.4 is 0 Å². The molecule has 0 unspecified atom stereocenters. The van der Waals surface area contributed by atoms with Gasteiger partial charge in [-0.3, -0.25) is 19.7 Å². The molecule has 1 fully saturated rings. The van der Waals surface area contributed by atoms with E-state index < -0.39 is 14.9 Å². The Morgan fingerprint density at radius 2 is 1.80 bits per heavy atom. The fourth-order valence-corrected chi connectivity index (χ4v) is 4.14. The first-order chi connectivity index (χ1) is 11.9. The molecule has 0 amide bonds. The quantitative estimate of drug-likeness (QED) is 0.569. The summed E-state index contributed by atoms with van der Waals surface area (Å²) in [5.41, 5.74) is -0.0658. The van der Waals surface area contributed by atoms with Crippen LogP contribution in [0.4, 0.5) is 5.69 Å². The van der Waals surface area contributed by atoms with Gasteiger partial charge in [0.1, 0.15) is 12.4 Å². The molecule has 0 radical (unpaired) electrons. The van der Waals surface area contributed by atoms with Gasteiger partial charge in [0.25, 0.3) is 0 Å². The second kappa shape index (κ2) is 7.08. The Bertz CT molecular complexity index is 860. The average molecular weight is 386 g/mol. The molecule has 0 bridgehead atoms. The summed E-state index contributed by atoms with van der Waals surface area (Å²) >= 11 is 5.80. The topological polar surface area (TPSA) is 102 Å². The van der Waals surface area contributed by atoms with Crippen LogP contribution in [0.1, 0.15) is 0 Å². The van der Waals surface area contributed by atoms with Crippen molar-refractivity contribution in [3.05, 3.63) is 51.8 Å². The van der Waals surface area contributed by atoms with Crippen LogP contribution in [0.25, 0.3) is 0 Å². The van der Waals surface area contributed by atoms with Crippen molar-refractivity contribution in [2.45, 2.75) is 11.6 Å². The Balaban J connectivity index is 1.61. The predicted octanol–water partition coefficient (Wildman–Crippen LogP) is 1.41. The van der Waals surface area contributed by atoms with E-state index in [1.807, 2.05) is 4.90 Å². The van der Waals surface area contributed by atoms with Crippen LogP contribution in [-0.4, -0.2) is 58.5 Å². The van der Waals surface area contributed by atoms with E-state index in [2.05, 4.69) is 5.10 Å². The van der Waals surface area contributed by atoms with Gasteiger partial charge in [-0.1, -0.05) is 11.6 Å². The van der Waals surface area contributed by atoms with Crippen molar-refractivity contribution in [3.63, 3.8) is 0 Å². The van der Waals surface area contributed by atoms with Crippen molar-refractivity contribution in [1.82, 2.24) is 19.0 Å². The Morgan fingerprint density at radius 1 is 1.16 bits per heavy atom. The summed E-state index contributed by atoms with van der Waals surface area (Å²) in [5.74, 6) is 0. The van der Waals surface area contributed by atoms with E-state index in [-0.39, 0.29) is 10.6 Å². The largest absolute Gasteiger partial charge is 0.307 e. The first-order valence-corrected chi connectivity index (χ1v) is 9.33. The molecule has 134 valence electrons. The highest BCUT2D eigenvalue weighted by Gasteiger charge is 2.28. The predicted molar refractivity (Wildman–Crippen MR) is 90.7 cm³/mol. The average Bonchev–Trinajstić information content (AvgIpc) is 3.04. The maximum atomic E-state index is 12.6. The first kappa shape index (κ1) is 17.8. The summed E-state index contributed by atoms with van der Waals surface area (Å²) in [7, 11) is -3.55. The molecule has 1 aliphatic rings. The summed E-state index contributed by atoms with van der Waals surface area (Å²) in [5, 5.41) is 15.1. The van der Waals surface area contributed by atoms with Gasteiger partial charge in [0.05, 0.1) is 16.5 Å². The number of sulfonamides is 1. The number of nitrogens with zero attached hydrogens (tertiary/aromatic N) is 5. The second-order valence-electron chi connectivity index (χ2n) is 5.61. The number of hydrogen-bond donors (Lipinski definition) is 0. The minimum atomic E-state index is -3.55. The van der Waals surface area contributed by atoms with Gasteiger partial charge in [0.15, 0.2) is 0 Å². The molecular formula is C14H16ClN5O4S. The fraction of sp³-hybridized carbons (Fsp3) is 0.357. The van der Waals surface area contributed by atoms with Crippen molar-refractivity contribution in [2.24, 2.45) is 0 Å². The molecule has 2 aromatic rings. The molecule has 0 atom stereocenters. The summed E-state index contributed by atoms with van der Waals surface area (Å²) in [6.45, 7) is 2.09. The Morgan fingerprint density at radius 3 is 2.36 bits per heavy atom. The number of piperazine rings is 1. The van der Waals surface area contributed by atoms with Crippen LogP contribution in [0, 0.1) is 10.1 Å². The van der Waals surface area contributed by atoms with Crippen molar-refractivity contribution in [2.75, 3.05) is 26.2 Å². The summed E-state index contributed by atoms with van der Waals surface area (Å²) in [6, 6.07) is 6.09. The van der Waals surface area contributed by atoms with Crippen LogP contribution in [0.5, 0.6) is 0 Å². The lowest BCUT2D eigenvalue weighted by atomic mass is 10.4. The fourth-order valence-electron chi connectivity index (χ4n) is 2.60. The Labute approximate surface area is 149 Å². The summed E-state index contributed by atoms with van der Waals surface area (Å²) in [4.78, 5) is 12.4. The third-order valence-electron chi connectivity index (χ3n) is 3.96. The molecule has 11 heteroatoms. The van der Waals surface area contributed by atoms with Crippen LogP contribution in [0.2, 0.25) is 5.02 Å². The van der Waals surface area contributed by atoms with Gasteiger partial charge in [-0.25, -0.2) is 8.42 Å². The molecule has 2 heterocycles. The van der Waals surface area contributed by atoms with Crippen molar-refractivity contribution in [3.8, 4) is 0 Å². The monoisotopic (exact) mass is 385 g/mol. The van der Waals surface area contributed by atoms with Crippen LogP contribution in [0.15, 0.2) is 41.6 Å². The van der Waals surface area contributed by atoms with E-state index in [0.717, 1.165) is 0 Å². The zero-order chi connectivity index (χ0) is 18.0. The van der Waals surface area contributed by atoms with Gasteiger partial charge in [-0.2, -0.15) is 9.40 Å². The summed E-state index contributed by atoms with van der Waals surface area (Å²) < 4.78 is 28.1. The molecule has 0 N–H and O–H groups in total. The normalized spacial score (nSPS) is 16.8. The number of rotatable bonds is 5. The first-order valence-electron chi connectivity index (χ1n) is 7.51. The highest BCUT2D eigenvalue weighted by molar-refractivity contribution is 7.89. The van der Waals surface area contributed by atoms with Crippen LogP contribution in [-0.2, 0) is 16.7 Å². The number of halogens is 1. The lowest BCUT2D eigenvalue weighted by Gasteiger charge is -2.33. The molecule has 1 aromatic carbocycles.